The van der Waals surface area contributed by atoms with Crippen molar-refractivity contribution in [3.8, 4) is 11.3 Å². The highest BCUT2D eigenvalue weighted by molar-refractivity contribution is 7.14. The minimum atomic E-state index is -1.26. The Morgan fingerprint density at radius 1 is 1.21 bits per heavy atom. The van der Waals surface area contributed by atoms with Gasteiger partial charge in [-0.3, -0.25) is 19.5 Å². The van der Waals surface area contributed by atoms with E-state index in [4.69, 9.17) is 5.11 Å². The maximum atomic E-state index is 12.3. The molecule has 0 aliphatic heterocycles. The fourth-order valence-electron chi connectivity index (χ4n) is 2.28. The van der Waals surface area contributed by atoms with Gasteiger partial charge in [-0.2, -0.15) is 10.2 Å². The Morgan fingerprint density at radius 3 is 2.54 bits per heavy atom. The van der Waals surface area contributed by atoms with E-state index in [9.17, 15) is 9.59 Å². The molecule has 2 N–H and O–H groups in total. The van der Waals surface area contributed by atoms with Crippen LogP contribution in [0.4, 0.5) is 5.13 Å². The number of carboxylic acids is 1. The van der Waals surface area contributed by atoms with Crippen LogP contribution in [0.3, 0.4) is 0 Å². The number of nitrogens with one attached hydrogen (secondary N) is 1. The van der Waals surface area contributed by atoms with Crippen molar-refractivity contribution >= 4 is 28.3 Å². The van der Waals surface area contributed by atoms with Crippen molar-refractivity contribution in [3.05, 3.63) is 34.7 Å². The van der Waals surface area contributed by atoms with Crippen LogP contribution in [0.25, 0.3) is 11.3 Å². The number of amides is 1. The second-order valence-electron chi connectivity index (χ2n) is 5.16. The lowest BCUT2D eigenvalue weighted by Crippen LogP contribution is -2.15. The third-order valence-corrected chi connectivity index (χ3v) is 4.05. The van der Waals surface area contributed by atoms with E-state index in [1.807, 2.05) is 20.2 Å². The number of carbonyl (C=O) groups excluding carboxylic acids is 1. The molecule has 0 bridgehead atoms. The molecule has 0 aliphatic carbocycles. The maximum absolute atomic E-state index is 12.3. The first-order chi connectivity index (χ1) is 11.3. The molecule has 0 saturated carbocycles. The molecule has 124 valence electrons. The largest absolute Gasteiger partial charge is 0.476 e. The van der Waals surface area contributed by atoms with Gasteiger partial charge in [-0.1, -0.05) is 0 Å². The number of nitrogens with zero attached hydrogens (tertiary/aromatic N) is 5. The number of thiazole rings is 1. The van der Waals surface area contributed by atoms with Crippen LogP contribution in [-0.2, 0) is 14.1 Å². The minimum Gasteiger partial charge on any atom is -0.476 e. The zero-order valence-corrected chi connectivity index (χ0v) is 14.0. The number of aromatic nitrogens is 5. The number of carbonyl (C=O) groups is 2. The molecule has 0 fully saturated rings. The third-order valence-electron chi connectivity index (χ3n) is 3.29. The van der Waals surface area contributed by atoms with Gasteiger partial charge in [0.05, 0.1) is 17.0 Å². The number of hydrogen-bond donors (Lipinski definition) is 2. The summed E-state index contributed by atoms with van der Waals surface area (Å²) in [5, 5.41) is 21.9. The lowest BCUT2D eigenvalue weighted by Gasteiger charge is -1.99. The molecule has 0 aromatic carbocycles. The first kappa shape index (κ1) is 15.9. The van der Waals surface area contributed by atoms with Crippen molar-refractivity contribution in [2.75, 3.05) is 5.32 Å². The highest BCUT2D eigenvalue weighted by atomic mass is 32.1. The van der Waals surface area contributed by atoms with E-state index in [0.29, 0.717) is 10.8 Å². The second kappa shape index (κ2) is 5.89. The summed E-state index contributed by atoms with van der Waals surface area (Å²) in [6, 6.07) is 0. The molecule has 0 unspecified atom stereocenters. The molecule has 3 aromatic heterocycles. The molecule has 10 heteroatoms. The van der Waals surface area contributed by atoms with Crippen molar-refractivity contribution in [3.63, 3.8) is 0 Å². The first-order valence-electron chi connectivity index (χ1n) is 6.89. The Bertz CT molecular complexity index is 938. The Balaban J connectivity index is 1.84. The molecular weight excluding hydrogens is 332 g/mol. The van der Waals surface area contributed by atoms with Crippen LogP contribution in [0.15, 0.2) is 17.8 Å². The fourth-order valence-corrected chi connectivity index (χ4v) is 2.99. The summed E-state index contributed by atoms with van der Waals surface area (Å²) in [5.74, 6) is -1.82. The van der Waals surface area contributed by atoms with Crippen LogP contribution in [-0.4, -0.2) is 41.5 Å². The molecule has 3 rings (SSSR count). The van der Waals surface area contributed by atoms with Gasteiger partial charge in [0.25, 0.3) is 5.91 Å². The van der Waals surface area contributed by atoms with Crippen molar-refractivity contribution in [2.45, 2.75) is 6.92 Å². The number of hydrogen-bond acceptors (Lipinski definition) is 6. The quantitative estimate of drug-likeness (QED) is 0.740. The summed E-state index contributed by atoms with van der Waals surface area (Å²) >= 11 is 1.25. The Kier molecular flexibility index (Phi) is 3.89. The summed E-state index contributed by atoms with van der Waals surface area (Å²) in [7, 11) is 3.37. The highest BCUT2D eigenvalue weighted by Crippen LogP contribution is 2.27. The van der Waals surface area contributed by atoms with Gasteiger partial charge in [-0.05, 0) is 6.92 Å². The van der Waals surface area contributed by atoms with Crippen LogP contribution in [0, 0.1) is 6.92 Å². The number of rotatable bonds is 4. The SMILES string of the molecule is Cc1nn(C)cc1-c1csc(NC(=O)c2cn(C)nc2C(=O)O)n1. The third kappa shape index (κ3) is 2.91. The summed E-state index contributed by atoms with van der Waals surface area (Å²) in [6.45, 7) is 1.88. The monoisotopic (exact) mass is 346 g/mol. The maximum Gasteiger partial charge on any atom is 0.357 e. The van der Waals surface area contributed by atoms with Crippen LogP contribution in [0.1, 0.15) is 26.5 Å². The molecule has 3 heterocycles. The van der Waals surface area contributed by atoms with Gasteiger partial charge < -0.3 is 5.11 Å². The van der Waals surface area contributed by atoms with Crippen LogP contribution < -0.4 is 5.32 Å². The van der Waals surface area contributed by atoms with Crippen molar-refractivity contribution in [2.24, 2.45) is 14.1 Å². The average Bonchev–Trinajstić information content (AvgIpc) is 3.18. The normalized spacial score (nSPS) is 10.8. The molecule has 0 spiro atoms. The molecule has 3 aromatic rings. The predicted octanol–water partition coefficient (Wildman–Crippen LogP) is 1.54. The van der Waals surface area contributed by atoms with E-state index in [1.54, 1.807) is 17.1 Å². The van der Waals surface area contributed by atoms with E-state index >= 15 is 0 Å². The smallest absolute Gasteiger partial charge is 0.357 e. The second-order valence-corrected chi connectivity index (χ2v) is 6.02. The first-order valence-corrected chi connectivity index (χ1v) is 7.77. The van der Waals surface area contributed by atoms with Gasteiger partial charge in [0.2, 0.25) is 0 Å². The molecule has 1 amide bonds. The standard InChI is InChI=1S/C14H14N6O3S/c1-7-8(4-19(2)17-7)10-6-24-14(15-10)16-12(21)9-5-20(3)18-11(9)13(22)23/h4-6H,1-3H3,(H,22,23)(H,15,16,21). The van der Waals surface area contributed by atoms with Crippen LogP contribution in [0.2, 0.25) is 0 Å². The highest BCUT2D eigenvalue weighted by Gasteiger charge is 2.22. The molecular formula is C14H14N6O3S. The van der Waals surface area contributed by atoms with E-state index in [1.165, 1.54) is 22.2 Å². The number of aryl methyl sites for hydroxylation is 3. The number of aromatic carboxylic acids is 1. The molecule has 0 atom stereocenters. The Morgan fingerprint density at radius 2 is 1.92 bits per heavy atom. The van der Waals surface area contributed by atoms with Gasteiger partial charge in [0.1, 0.15) is 0 Å². The Hall–Kier alpha value is -3.01. The molecule has 24 heavy (non-hydrogen) atoms. The molecule has 0 saturated heterocycles. The lowest BCUT2D eigenvalue weighted by molar-refractivity contribution is 0.0685. The number of carboxylic acid groups (broad SMARTS) is 1. The summed E-state index contributed by atoms with van der Waals surface area (Å²) in [4.78, 5) is 27.8. The lowest BCUT2D eigenvalue weighted by atomic mass is 10.2. The summed E-state index contributed by atoms with van der Waals surface area (Å²) in [6.07, 6.45) is 3.21. The van der Waals surface area contributed by atoms with Crippen molar-refractivity contribution in [1.29, 1.82) is 0 Å². The van der Waals surface area contributed by atoms with Gasteiger partial charge >= 0.3 is 5.97 Å². The van der Waals surface area contributed by atoms with Gasteiger partial charge in [-0.25, -0.2) is 9.78 Å². The van der Waals surface area contributed by atoms with E-state index in [-0.39, 0.29) is 11.3 Å². The van der Waals surface area contributed by atoms with E-state index in [0.717, 1.165) is 11.3 Å². The predicted molar refractivity (Wildman–Crippen MR) is 87.2 cm³/mol. The molecule has 9 nitrogen and oxygen atoms in total. The summed E-state index contributed by atoms with van der Waals surface area (Å²) < 4.78 is 2.97. The number of anilines is 1. The average molecular weight is 346 g/mol. The minimum absolute atomic E-state index is 0.0145. The van der Waals surface area contributed by atoms with Crippen LogP contribution >= 0.6 is 11.3 Å². The Labute approximate surface area is 140 Å². The fraction of sp³-hybridized carbons (Fsp3) is 0.214. The molecule has 0 radical (unpaired) electrons. The van der Waals surface area contributed by atoms with E-state index < -0.39 is 11.9 Å². The van der Waals surface area contributed by atoms with Gasteiger partial charge in [-0.15, -0.1) is 11.3 Å². The van der Waals surface area contributed by atoms with Crippen LogP contribution in [0.5, 0.6) is 0 Å². The van der Waals surface area contributed by atoms with Crippen molar-refractivity contribution < 1.29 is 14.7 Å². The topological polar surface area (TPSA) is 115 Å². The molecule has 0 aliphatic rings. The zero-order valence-electron chi connectivity index (χ0n) is 13.1. The summed E-state index contributed by atoms with van der Waals surface area (Å²) in [5.41, 5.74) is 2.10. The van der Waals surface area contributed by atoms with Gasteiger partial charge in [0, 0.05) is 37.4 Å². The van der Waals surface area contributed by atoms with Crippen molar-refractivity contribution in [1.82, 2.24) is 24.5 Å². The van der Waals surface area contributed by atoms with Gasteiger partial charge in [0.15, 0.2) is 10.8 Å². The zero-order chi connectivity index (χ0) is 17.4. The van der Waals surface area contributed by atoms with E-state index in [2.05, 4.69) is 20.5 Å².